The second kappa shape index (κ2) is 5.02. The van der Waals surface area contributed by atoms with Crippen LogP contribution in [0, 0.1) is 0 Å². The number of thioether (sulfide) groups is 1. The minimum Gasteiger partial charge on any atom is -0.378 e. The van der Waals surface area contributed by atoms with Crippen molar-refractivity contribution in [3.63, 3.8) is 0 Å². The quantitative estimate of drug-likeness (QED) is 0.801. The molecule has 1 aliphatic heterocycles. The number of nitrogens with zero attached hydrogens (tertiary/aromatic N) is 2. The number of allylic oxidation sites excluding steroid dienone is 2. The lowest BCUT2D eigenvalue weighted by molar-refractivity contribution is -0.462. The van der Waals surface area contributed by atoms with Gasteiger partial charge in [-0.05, 0) is 18.2 Å². The summed E-state index contributed by atoms with van der Waals surface area (Å²) in [5.41, 5.74) is 3.71. The molecular formula is C16H20N3S+. The van der Waals surface area contributed by atoms with Gasteiger partial charge in [0.05, 0.1) is 6.04 Å². The zero-order valence-corrected chi connectivity index (χ0v) is 13.2. The van der Waals surface area contributed by atoms with E-state index in [0.717, 1.165) is 0 Å². The van der Waals surface area contributed by atoms with Crippen molar-refractivity contribution >= 4 is 28.8 Å². The zero-order chi connectivity index (χ0) is 14.3. The van der Waals surface area contributed by atoms with Gasteiger partial charge in [-0.15, -0.1) is 0 Å². The highest BCUT2D eigenvalue weighted by Crippen LogP contribution is 2.43. The van der Waals surface area contributed by atoms with Crippen LogP contribution in [-0.4, -0.2) is 44.5 Å². The van der Waals surface area contributed by atoms with Gasteiger partial charge in [-0.25, -0.2) is 4.58 Å². The third-order valence-corrected chi connectivity index (χ3v) is 4.76. The molecule has 0 amide bonds. The summed E-state index contributed by atoms with van der Waals surface area (Å²) in [7, 11) is 8.31. The van der Waals surface area contributed by atoms with Crippen molar-refractivity contribution in [2.75, 3.05) is 38.4 Å². The Balaban J connectivity index is 1.98. The third-order valence-electron chi connectivity index (χ3n) is 3.59. The van der Waals surface area contributed by atoms with Crippen LogP contribution in [0.2, 0.25) is 0 Å². The second-order valence-corrected chi connectivity index (χ2v) is 6.64. The number of anilines is 2. The van der Waals surface area contributed by atoms with Crippen LogP contribution in [-0.2, 0) is 0 Å². The first-order chi connectivity index (χ1) is 9.54. The molecule has 1 heterocycles. The van der Waals surface area contributed by atoms with E-state index in [-0.39, 0.29) is 0 Å². The third kappa shape index (κ3) is 2.36. The maximum atomic E-state index is 3.60. The molecule has 3 nitrogen and oxygen atoms in total. The van der Waals surface area contributed by atoms with Crippen molar-refractivity contribution in [3.8, 4) is 0 Å². The van der Waals surface area contributed by atoms with Crippen LogP contribution in [0.15, 0.2) is 46.2 Å². The number of hydrogen-bond acceptors (Lipinski definition) is 3. The molecule has 0 fully saturated rings. The monoisotopic (exact) mass is 286 g/mol. The summed E-state index contributed by atoms with van der Waals surface area (Å²) in [6.45, 7) is 0. The highest BCUT2D eigenvalue weighted by Gasteiger charge is 2.25. The lowest BCUT2D eigenvalue weighted by atomic mass is 10.1. The van der Waals surface area contributed by atoms with Gasteiger partial charge in [-0.2, -0.15) is 0 Å². The lowest BCUT2D eigenvalue weighted by Gasteiger charge is -2.29. The highest BCUT2D eigenvalue weighted by atomic mass is 32.2. The van der Waals surface area contributed by atoms with Crippen LogP contribution in [0.3, 0.4) is 0 Å². The Bertz CT molecular complexity index is 637. The van der Waals surface area contributed by atoms with Gasteiger partial charge in [0, 0.05) is 47.4 Å². The standard InChI is InChI=1S/C16H20N3S/c1-18(2)11-5-7-13-15(9-11)20-16-10-12(19(3)4)6-8-14(16)17-13/h5-10,13,17H,1-4H3/q+1. The van der Waals surface area contributed by atoms with Crippen LogP contribution in [0.25, 0.3) is 0 Å². The highest BCUT2D eigenvalue weighted by molar-refractivity contribution is 8.03. The van der Waals surface area contributed by atoms with Crippen LogP contribution < -0.4 is 10.2 Å². The minimum absolute atomic E-state index is 0.307. The largest absolute Gasteiger partial charge is 0.378 e. The Hall–Kier alpha value is -1.68. The SMILES string of the molecule is CN(C)c1ccc2c(c1)SC1=CC(=[N+](C)C)C=CC1N2. The van der Waals surface area contributed by atoms with E-state index in [1.54, 1.807) is 0 Å². The van der Waals surface area contributed by atoms with Gasteiger partial charge >= 0.3 is 0 Å². The molecule has 3 rings (SSSR count). The van der Waals surface area contributed by atoms with Gasteiger partial charge in [0.15, 0.2) is 5.71 Å². The lowest BCUT2D eigenvalue weighted by Crippen LogP contribution is -2.26. The van der Waals surface area contributed by atoms with E-state index in [2.05, 4.69) is 79.4 Å². The number of nitrogens with one attached hydrogen (secondary N) is 1. The number of hydrogen-bond donors (Lipinski definition) is 1. The van der Waals surface area contributed by atoms with Gasteiger partial charge in [0.2, 0.25) is 0 Å². The molecule has 20 heavy (non-hydrogen) atoms. The average Bonchev–Trinajstić information content (AvgIpc) is 2.43. The minimum atomic E-state index is 0.307. The fourth-order valence-electron chi connectivity index (χ4n) is 2.35. The summed E-state index contributed by atoms with van der Waals surface area (Å²) >= 11 is 1.87. The van der Waals surface area contributed by atoms with Crippen molar-refractivity contribution in [1.82, 2.24) is 0 Å². The molecule has 1 unspecified atom stereocenters. The number of rotatable bonds is 1. The summed E-state index contributed by atoms with van der Waals surface area (Å²) in [6.07, 6.45) is 6.69. The van der Waals surface area contributed by atoms with E-state index < -0.39 is 0 Å². The summed E-state index contributed by atoms with van der Waals surface area (Å²) < 4.78 is 2.14. The normalized spacial score (nSPS) is 19.7. The Morgan fingerprint density at radius 3 is 2.75 bits per heavy atom. The smallest absolute Gasteiger partial charge is 0.200 e. The van der Waals surface area contributed by atoms with E-state index in [4.69, 9.17) is 0 Å². The number of benzene rings is 1. The van der Waals surface area contributed by atoms with Crippen molar-refractivity contribution in [1.29, 1.82) is 0 Å². The van der Waals surface area contributed by atoms with Gasteiger partial charge in [0.1, 0.15) is 14.1 Å². The van der Waals surface area contributed by atoms with Gasteiger partial charge in [0.25, 0.3) is 0 Å². The van der Waals surface area contributed by atoms with Crippen molar-refractivity contribution in [3.05, 3.63) is 41.3 Å². The van der Waals surface area contributed by atoms with Gasteiger partial charge < -0.3 is 10.2 Å². The maximum absolute atomic E-state index is 3.60. The van der Waals surface area contributed by atoms with Crippen molar-refractivity contribution in [2.24, 2.45) is 0 Å². The predicted octanol–water partition coefficient (Wildman–Crippen LogP) is 2.81. The molecule has 0 spiro atoms. The van der Waals surface area contributed by atoms with Crippen molar-refractivity contribution < 1.29 is 4.58 Å². The maximum Gasteiger partial charge on any atom is 0.200 e. The molecule has 1 atom stereocenters. The molecule has 0 saturated heterocycles. The van der Waals surface area contributed by atoms with Crippen LogP contribution in [0.5, 0.6) is 0 Å². The summed E-state index contributed by atoms with van der Waals surface area (Å²) in [5, 5.41) is 3.60. The Morgan fingerprint density at radius 2 is 2.05 bits per heavy atom. The van der Waals surface area contributed by atoms with Gasteiger partial charge in [-0.3, -0.25) is 0 Å². The molecule has 104 valence electrons. The predicted molar refractivity (Wildman–Crippen MR) is 88.4 cm³/mol. The molecule has 0 saturated carbocycles. The average molecular weight is 286 g/mol. The van der Waals surface area contributed by atoms with Crippen LogP contribution >= 0.6 is 11.8 Å². The van der Waals surface area contributed by atoms with Crippen molar-refractivity contribution in [2.45, 2.75) is 10.9 Å². The van der Waals surface area contributed by atoms with Crippen LogP contribution in [0.1, 0.15) is 0 Å². The number of fused-ring (bicyclic) bond motifs is 2. The first-order valence-electron chi connectivity index (χ1n) is 6.74. The fourth-order valence-corrected chi connectivity index (χ4v) is 3.47. The second-order valence-electron chi connectivity index (χ2n) is 5.52. The Labute approximate surface area is 124 Å². The molecule has 1 aromatic rings. The topological polar surface area (TPSA) is 18.3 Å². The van der Waals surface area contributed by atoms with Gasteiger partial charge in [-0.1, -0.05) is 17.8 Å². The summed E-state index contributed by atoms with van der Waals surface area (Å²) in [6, 6.07) is 6.89. The molecule has 0 radical (unpaired) electrons. The van der Waals surface area contributed by atoms with E-state index in [0.29, 0.717) is 6.04 Å². The zero-order valence-electron chi connectivity index (χ0n) is 12.3. The first kappa shape index (κ1) is 13.3. The van der Waals surface area contributed by atoms with E-state index in [9.17, 15) is 0 Å². The molecule has 1 N–H and O–H groups in total. The summed E-state index contributed by atoms with van der Waals surface area (Å²) in [5.74, 6) is 0. The molecule has 0 aromatic heterocycles. The fraction of sp³-hybridized carbons (Fsp3) is 0.312. The molecule has 4 heteroatoms. The van der Waals surface area contributed by atoms with E-state index in [1.807, 2.05) is 11.8 Å². The summed E-state index contributed by atoms with van der Waals surface area (Å²) in [4.78, 5) is 4.80. The molecule has 0 bridgehead atoms. The molecule has 1 aliphatic carbocycles. The molecular weight excluding hydrogens is 266 g/mol. The van der Waals surface area contributed by atoms with Crippen LogP contribution in [0.4, 0.5) is 11.4 Å². The Kier molecular flexibility index (Phi) is 3.34. The first-order valence-corrected chi connectivity index (χ1v) is 7.56. The van der Waals surface area contributed by atoms with E-state index in [1.165, 1.54) is 26.9 Å². The molecule has 2 aliphatic rings. The molecule has 1 aromatic carbocycles. The Morgan fingerprint density at radius 1 is 1.25 bits per heavy atom. The van der Waals surface area contributed by atoms with E-state index >= 15 is 0 Å².